The summed E-state index contributed by atoms with van der Waals surface area (Å²) in [6.45, 7) is 7.58. The van der Waals surface area contributed by atoms with Crippen LogP contribution in [0.25, 0.3) is 0 Å². The Balaban J connectivity index is 1.52. The van der Waals surface area contributed by atoms with Crippen LogP contribution in [0, 0.1) is 0 Å². The molecule has 0 radical (unpaired) electrons. The average molecular weight is 295 g/mol. The summed E-state index contributed by atoms with van der Waals surface area (Å²) in [6, 6.07) is 19.2. The summed E-state index contributed by atoms with van der Waals surface area (Å²) in [5.41, 5.74) is 2.74. The molecule has 2 aromatic carbocycles. The van der Waals surface area contributed by atoms with Crippen molar-refractivity contribution >= 4 is 0 Å². The van der Waals surface area contributed by atoms with Crippen LogP contribution in [0.3, 0.4) is 0 Å². The third kappa shape index (κ3) is 3.89. The van der Waals surface area contributed by atoms with Crippen molar-refractivity contribution < 1.29 is 4.74 Å². The first-order valence-electron chi connectivity index (χ1n) is 8.23. The first-order valence-corrected chi connectivity index (χ1v) is 8.23. The third-order valence-corrected chi connectivity index (χ3v) is 4.33. The molecule has 3 rings (SSSR count). The van der Waals surface area contributed by atoms with Crippen molar-refractivity contribution in [1.29, 1.82) is 0 Å². The van der Waals surface area contributed by atoms with Crippen molar-refractivity contribution in [3.8, 4) is 5.75 Å². The second-order valence-corrected chi connectivity index (χ2v) is 6.47. The van der Waals surface area contributed by atoms with E-state index in [0.717, 1.165) is 31.8 Å². The second kappa shape index (κ2) is 6.97. The van der Waals surface area contributed by atoms with Crippen LogP contribution < -0.4 is 4.74 Å². The maximum Gasteiger partial charge on any atom is 0.119 e. The van der Waals surface area contributed by atoms with Crippen LogP contribution in [-0.4, -0.2) is 24.1 Å². The number of hydrogen-bond donors (Lipinski definition) is 0. The highest BCUT2D eigenvalue weighted by molar-refractivity contribution is 5.29. The molecule has 2 heteroatoms. The Hall–Kier alpha value is -1.80. The van der Waals surface area contributed by atoms with Crippen LogP contribution >= 0.6 is 0 Å². The smallest absolute Gasteiger partial charge is 0.119 e. The van der Waals surface area contributed by atoms with E-state index in [9.17, 15) is 0 Å². The average Bonchev–Trinajstić information content (AvgIpc) is 2.96. The van der Waals surface area contributed by atoms with E-state index in [1.54, 1.807) is 0 Å². The topological polar surface area (TPSA) is 12.5 Å². The molecule has 0 saturated carbocycles. The number of benzene rings is 2. The standard InChI is InChI=1S/C20H25NO/c1-16(2)18-8-10-19(11-9-18)22-20-12-13-21(15-20)14-17-6-4-3-5-7-17/h3-11,16,20H,12-15H2,1-2H3/t20-/m0/s1. The molecule has 22 heavy (non-hydrogen) atoms. The van der Waals surface area contributed by atoms with Crippen molar-refractivity contribution in [3.05, 3.63) is 65.7 Å². The lowest BCUT2D eigenvalue weighted by molar-refractivity contribution is 0.198. The molecule has 0 aliphatic carbocycles. The fraction of sp³-hybridized carbons (Fsp3) is 0.400. The normalized spacial score (nSPS) is 18.8. The van der Waals surface area contributed by atoms with E-state index in [4.69, 9.17) is 4.74 Å². The Bertz CT molecular complexity index is 576. The minimum Gasteiger partial charge on any atom is -0.489 e. The molecule has 1 aliphatic rings. The van der Waals surface area contributed by atoms with E-state index in [0.29, 0.717) is 12.0 Å². The largest absolute Gasteiger partial charge is 0.489 e. The Labute approximate surface area is 133 Å². The van der Waals surface area contributed by atoms with Gasteiger partial charge < -0.3 is 4.74 Å². The van der Waals surface area contributed by atoms with Crippen molar-refractivity contribution in [3.63, 3.8) is 0 Å². The molecule has 1 fully saturated rings. The van der Waals surface area contributed by atoms with Gasteiger partial charge in [0.25, 0.3) is 0 Å². The van der Waals surface area contributed by atoms with Gasteiger partial charge in [-0.05, 0) is 35.6 Å². The van der Waals surface area contributed by atoms with E-state index in [1.165, 1.54) is 11.1 Å². The molecule has 0 N–H and O–H groups in total. The van der Waals surface area contributed by atoms with Crippen LogP contribution in [0.5, 0.6) is 5.75 Å². The molecule has 0 unspecified atom stereocenters. The van der Waals surface area contributed by atoms with Crippen molar-refractivity contribution in [2.24, 2.45) is 0 Å². The number of rotatable bonds is 5. The van der Waals surface area contributed by atoms with Gasteiger partial charge in [-0.2, -0.15) is 0 Å². The van der Waals surface area contributed by atoms with Gasteiger partial charge in [0.05, 0.1) is 0 Å². The maximum absolute atomic E-state index is 6.14. The molecule has 1 saturated heterocycles. The lowest BCUT2D eigenvalue weighted by Gasteiger charge is -2.17. The quantitative estimate of drug-likeness (QED) is 0.807. The van der Waals surface area contributed by atoms with E-state index in [-0.39, 0.29) is 0 Å². The van der Waals surface area contributed by atoms with Crippen molar-refractivity contribution in [1.82, 2.24) is 4.90 Å². The Morgan fingerprint density at radius 3 is 2.45 bits per heavy atom. The highest BCUT2D eigenvalue weighted by Gasteiger charge is 2.23. The zero-order chi connectivity index (χ0) is 15.4. The second-order valence-electron chi connectivity index (χ2n) is 6.47. The third-order valence-electron chi connectivity index (χ3n) is 4.33. The summed E-state index contributed by atoms with van der Waals surface area (Å²) < 4.78 is 6.14. The van der Waals surface area contributed by atoms with Crippen LogP contribution in [0.2, 0.25) is 0 Å². The number of ether oxygens (including phenoxy) is 1. The molecule has 1 atom stereocenters. The Morgan fingerprint density at radius 1 is 1.05 bits per heavy atom. The van der Waals surface area contributed by atoms with Crippen LogP contribution in [0.4, 0.5) is 0 Å². The van der Waals surface area contributed by atoms with Gasteiger partial charge in [0.1, 0.15) is 11.9 Å². The Morgan fingerprint density at radius 2 is 1.77 bits per heavy atom. The SMILES string of the molecule is CC(C)c1ccc(O[C@H]2CCN(Cc3ccccc3)C2)cc1. The highest BCUT2D eigenvalue weighted by Crippen LogP contribution is 2.22. The fourth-order valence-electron chi connectivity index (χ4n) is 3.00. The van der Waals surface area contributed by atoms with Crippen molar-refractivity contribution in [2.45, 2.75) is 38.8 Å². The summed E-state index contributed by atoms with van der Waals surface area (Å²) >= 11 is 0. The highest BCUT2D eigenvalue weighted by atomic mass is 16.5. The summed E-state index contributed by atoms with van der Waals surface area (Å²) in [5, 5.41) is 0. The first-order chi connectivity index (χ1) is 10.7. The first kappa shape index (κ1) is 15.1. The van der Waals surface area contributed by atoms with Gasteiger partial charge in [-0.3, -0.25) is 4.90 Å². The minimum atomic E-state index is 0.314. The van der Waals surface area contributed by atoms with E-state index < -0.39 is 0 Å². The zero-order valence-corrected chi connectivity index (χ0v) is 13.5. The molecule has 116 valence electrons. The van der Waals surface area contributed by atoms with Gasteiger partial charge in [0, 0.05) is 19.6 Å². The van der Waals surface area contributed by atoms with Gasteiger partial charge in [0.15, 0.2) is 0 Å². The minimum absolute atomic E-state index is 0.314. The van der Waals surface area contributed by atoms with Crippen LogP contribution in [-0.2, 0) is 6.54 Å². The van der Waals surface area contributed by atoms with E-state index in [2.05, 4.69) is 73.3 Å². The summed E-state index contributed by atoms with van der Waals surface area (Å²) in [4.78, 5) is 2.47. The molecule has 2 aromatic rings. The number of likely N-dealkylation sites (tertiary alicyclic amines) is 1. The predicted molar refractivity (Wildman–Crippen MR) is 91.3 cm³/mol. The monoisotopic (exact) mass is 295 g/mol. The van der Waals surface area contributed by atoms with Gasteiger partial charge >= 0.3 is 0 Å². The molecule has 0 aromatic heterocycles. The molecule has 0 spiro atoms. The number of hydrogen-bond acceptors (Lipinski definition) is 2. The maximum atomic E-state index is 6.14. The predicted octanol–water partition coefficient (Wildman–Crippen LogP) is 4.46. The fourth-order valence-corrected chi connectivity index (χ4v) is 3.00. The van der Waals surface area contributed by atoms with Crippen LogP contribution in [0.1, 0.15) is 37.3 Å². The summed E-state index contributed by atoms with van der Waals surface area (Å²) in [6.07, 6.45) is 1.42. The van der Waals surface area contributed by atoms with Gasteiger partial charge in [-0.25, -0.2) is 0 Å². The summed E-state index contributed by atoms with van der Waals surface area (Å²) in [7, 11) is 0. The molecule has 0 amide bonds. The van der Waals surface area contributed by atoms with Crippen LogP contribution in [0.15, 0.2) is 54.6 Å². The molecule has 1 heterocycles. The molecule has 0 bridgehead atoms. The van der Waals surface area contributed by atoms with E-state index in [1.807, 2.05) is 0 Å². The van der Waals surface area contributed by atoms with Crippen molar-refractivity contribution in [2.75, 3.05) is 13.1 Å². The lowest BCUT2D eigenvalue weighted by atomic mass is 10.0. The number of nitrogens with zero attached hydrogens (tertiary/aromatic N) is 1. The van der Waals surface area contributed by atoms with Gasteiger partial charge in [-0.1, -0.05) is 56.3 Å². The van der Waals surface area contributed by atoms with E-state index >= 15 is 0 Å². The molecular formula is C20H25NO. The van der Waals surface area contributed by atoms with Gasteiger partial charge in [-0.15, -0.1) is 0 Å². The molecular weight excluding hydrogens is 270 g/mol. The molecule has 2 nitrogen and oxygen atoms in total. The molecule has 1 aliphatic heterocycles. The van der Waals surface area contributed by atoms with Gasteiger partial charge in [0.2, 0.25) is 0 Å². The summed E-state index contributed by atoms with van der Waals surface area (Å²) in [5.74, 6) is 1.57. The Kier molecular flexibility index (Phi) is 4.79. The lowest BCUT2D eigenvalue weighted by Crippen LogP contribution is -2.24. The zero-order valence-electron chi connectivity index (χ0n) is 13.5.